The standard InChI is InChI=1S/C10H16N2O3S/c1-6(5-14-4)15-10(13)8-7(2)12-16-9(8)11-3/h6,11H,5H2,1-4H3. The maximum atomic E-state index is 11.8. The minimum atomic E-state index is -0.361. The summed E-state index contributed by atoms with van der Waals surface area (Å²) in [6, 6.07) is 0. The predicted molar refractivity (Wildman–Crippen MR) is 63.2 cm³/mol. The van der Waals surface area contributed by atoms with Crippen LogP contribution in [0, 0.1) is 6.92 Å². The number of nitrogens with one attached hydrogen (secondary N) is 1. The van der Waals surface area contributed by atoms with E-state index in [1.54, 1.807) is 28.0 Å². The van der Waals surface area contributed by atoms with Crippen LogP contribution in [-0.4, -0.2) is 37.2 Å². The molecule has 1 aromatic rings. The zero-order valence-electron chi connectivity index (χ0n) is 9.86. The number of aromatic nitrogens is 1. The Hall–Kier alpha value is -1.14. The Labute approximate surface area is 98.9 Å². The summed E-state index contributed by atoms with van der Waals surface area (Å²) in [5.74, 6) is -0.361. The van der Waals surface area contributed by atoms with E-state index in [1.807, 2.05) is 0 Å². The first-order chi connectivity index (χ1) is 7.60. The van der Waals surface area contributed by atoms with E-state index >= 15 is 0 Å². The number of aryl methyl sites for hydroxylation is 1. The summed E-state index contributed by atoms with van der Waals surface area (Å²) in [7, 11) is 3.32. The summed E-state index contributed by atoms with van der Waals surface area (Å²) < 4.78 is 14.2. The molecule has 0 saturated heterocycles. The predicted octanol–water partition coefficient (Wildman–Crippen LogP) is 1.68. The van der Waals surface area contributed by atoms with E-state index < -0.39 is 0 Å². The molecule has 1 N–H and O–H groups in total. The summed E-state index contributed by atoms with van der Waals surface area (Å²) in [4.78, 5) is 11.8. The molecule has 1 rings (SSSR count). The molecule has 0 fully saturated rings. The van der Waals surface area contributed by atoms with Gasteiger partial charge in [-0.2, -0.15) is 4.37 Å². The van der Waals surface area contributed by atoms with E-state index in [0.717, 1.165) is 5.00 Å². The fraction of sp³-hybridized carbons (Fsp3) is 0.600. The van der Waals surface area contributed by atoms with Crippen LogP contribution in [0.3, 0.4) is 0 Å². The average Bonchev–Trinajstić information content (AvgIpc) is 2.59. The molecule has 0 bridgehead atoms. The van der Waals surface area contributed by atoms with E-state index in [4.69, 9.17) is 9.47 Å². The van der Waals surface area contributed by atoms with Gasteiger partial charge in [-0.3, -0.25) is 0 Å². The number of hydrogen-bond donors (Lipinski definition) is 1. The molecular formula is C10H16N2O3S. The zero-order chi connectivity index (χ0) is 12.1. The van der Waals surface area contributed by atoms with E-state index in [2.05, 4.69) is 9.69 Å². The third-order valence-electron chi connectivity index (χ3n) is 2.00. The lowest BCUT2D eigenvalue weighted by molar-refractivity contribution is 0.0121. The quantitative estimate of drug-likeness (QED) is 0.799. The van der Waals surface area contributed by atoms with Crippen LogP contribution in [0.15, 0.2) is 0 Å². The highest BCUT2D eigenvalue weighted by Crippen LogP contribution is 2.24. The number of carbonyl (C=O) groups excluding carboxylic acids is 1. The summed E-state index contributed by atoms with van der Waals surface area (Å²) in [5, 5.41) is 3.66. The molecule has 0 saturated carbocycles. The number of esters is 1. The van der Waals surface area contributed by atoms with Crippen molar-refractivity contribution >= 4 is 22.5 Å². The van der Waals surface area contributed by atoms with Crippen molar-refractivity contribution in [3.05, 3.63) is 11.3 Å². The van der Waals surface area contributed by atoms with Crippen molar-refractivity contribution in [3.63, 3.8) is 0 Å². The second-order valence-electron chi connectivity index (χ2n) is 3.39. The van der Waals surface area contributed by atoms with Crippen molar-refractivity contribution in [2.24, 2.45) is 0 Å². The zero-order valence-corrected chi connectivity index (χ0v) is 10.7. The molecule has 5 nitrogen and oxygen atoms in total. The number of rotatable bonds is 5. The molecule has 6 heteroatoms. The topological polar surface area (TPSA) is 60.5 Å². The largest absolute Gasteiger partial charge is 0.456 e. The van der Waals surface area contributed by atoms with Gasteiger partial charge in [0.1, 0.15) is 16.7 Å². The van der Waals surface area contributed by atoms with Crippen LogP contribution in [0.1, 0.15) is 23.0 Å². The van der Waals surface area contributed by atoms with Crippen molar-refractivity contribution in [1.82, 2.24) is 4.37 Å². The van der Waals surface area contributed by atoms with Gasteiger partial charge in [0.25, 0.3) is 0 Å². The number of methoxy groups -OCH3 is 1. The van der Waals surface area contributed by atoms with E-state index in [9.17, 15) is 4.79 Å². The van der Waals surface area contributed by atoms with Crippen molar-refractivity contribution < 1.29 is 14.3 Å². The molecule has 1 unspecified atom stereocenters. The van der Waals surface area contributed by atoms with Gasteiger partial charge in [0.05, 0.1) is 12.3 Å². The molecule has 1 heterocycles. The smallest absolute Gasteiger partial charge is 0.343 e. The third kappa shape index (κ3) is 2.93. The molecule has 0 aliphatic carbocycles. The van der Waals surface area contributed by atoms with E-state index in [-0.39, 0.29) is 12.1 Å². The Morgan fingerprint density at radius 3 is 2.88 bits per heavy atom. The van der Waals surface area contributed by atoms with Gasteiger partial charge in [-0.05, 0) is 25.4 Å². The molecule has 0 aromatic carbocycles. The highest BCUT2D eigenvalue weighted by atomic mass is 32.1. The summed E-state index contributed by atoms with van der Waals surface area (Å²) >= 11 is 1.25. The van der Waals surface area contributed by atoms with Gasteiger partial charge in [0, 0.05) is 14.2 Å². The Morgan fingerprint density at radius 1 is 1.62 bits per heavy atom. The van der Waals surface area contributed by atoms with Gasteiger partial charge in [0.2, 0.25) is 0 Å². The number of anilines is 1. The molecule has 1 aromatic heterocycles. The molecule has 0 aliphatic rings. The Morgan fingerprint density at radius 2 is 2.31 bits per heavy atom. The number of carbonyl (C=O) groups is 1. The first-order valence-corrected chi connectivity index (χ1v) is 5.71. The second-order valence-corrected chi connectivity index (χ2v) is 4.17. The molecule has 0 aliphatic heterocycles. The van der Waals surface area contributed by atoms with Crippen LogP contribution < -0.4 is 5.32 Å². The lowest BCUT2D eigenvalue weighted by Gasteiger charge is -2.12. The normalized spacial score (nSPS) is 12.2. The van der Waals surface area contributed by atoms with Gasteiger partial charge in [-0.25, -0.2) is 4.79 Å². The Bertz CT molecular complexity index is 365. The second kappa shape index (κ2) is 5.81. The lowest BCUT2D eigenvalue weighted by Crippen LogP contribution is -2.20. The van der Waals surface area contributed by atoms with Gasteiger partial charge >= 0.3 is 5.97 Å². The minimum absolute atomic E-state index is 0.262. The molecular weight excluding hydrogens is 228 g/mol. The first-order valence-electron chi connectivity index (χ1n) is 4.94. The molecule has 0 radical (unpaired) electrons. The van der Waals surface area contributed by atoms with E-state index in [0.29, 0.717) is 17.9 Å². The van der Waals surface area contributed by atoms with Gasteiger partial charge in [0.15, 0.2) is 0 Å². The molecule has 90 valence electrons. The Balaban J connectivity index is 2.75. The molecule has 16 heavy (non-hydrogen) atoms. The maximum Gasteiger partial charge on any atom is 0.343 e. The van der Waals surface area contributed by atoms with Crippen molar-refractivity contribution in [2.75, 3.05) is 26.1 Å². The average molecular weight is 244 g/mol. The summed E-state index contributed by atoms with van der Waals surface area (Å²) in [6.07, 6.45) is -0.262. The highest BCUT2D eigenvalue weighted by Gasteiger charge is 2.20. The summed E-state index contributed by atoms with van der Waals surface area (Å²) in [5.41, 5.74) is 1.19. The molecule has 0 amide bonds. The first kappa shape index (κ1) is 12.9. The fourth-order valence-electron chi connectivity index (χ4n) is 1.29. The fourth-order valence-corrected chi connectivity index (χ4v) is 2.02. The van der Waals surface area contributed by atoms with Crippen LogP contribution >= 0.6 is 11.5 Å². The van der Waals surface area contributed by atoms with Crippen LogP contribution in [-0.2, 0) is 9.47 Å². The number of ether oxygens (including phenoxy) is 2. The van der Waals surface area contributed by atoms with Crippen LogP contribution in [0.4, 0.5) is 5.00 Å². The van der Waals surface area contributed by atoms with Crippen LogP contribution in [0.5, 0.6) is 0 Å². The SMILES string of the molecule is CNc1snc(C)c1C(=O)OC(C)COC. The lowest BCUT2D eigenvalue weighted by atomic mass is 10.2. The van der Waals surface area contributed by atoms with Crippen molar-refractivity contribution in [2.45, 2.75) is 20.0 Å². The molecule has 1 atom stereocenters. The van der Waals surface area contributed by atoms with Gasteiger partial charge < -0.3 is 14.8 Å². The van der Waals surface area contributed by atoms with E-state index in [1.165, 1.54) is 11.5 Å². The van der Waals surface area contributed by atoms with Gasteiger partial charge in [-0.15, -0.1) is 0 Å². The van der Waals surface area contributed by atoms with Crippen molar-refractivity contribution in [3.8, 4) is 0 Å². The molecule has 0 spiro atoms. The van der Waals surface area contributed by atoms with Crippen LogP contribution in [0.2, 0.25) is 0 Å². The summed E-state index contributed by atoms with van der Waals surface area (Å²) in [6.45, 7) is 3.96. The Kier molecular flexibility index (Phi) is 4.70. The highest BCUT2D eigenvalue weighted by molar-refractivity contribution is 7.10. The van der Waals surface area contributed by atoms with Gasteiger partial charge in [-0.1, -0.05) is 0 Å². The van der Waals surface area contributed by atoms with Crippen LogP contribution in [0.25, 0.3) is 0 Å². The number of nitrogens with zero attached hydrogens (tertiary/aromatic N) is 1. The number of hydrogen-bond acceptors (Lipinski definition) is 6. The monoisotopic (exact) mass is 244 g/mol. The third-order valence-corrected chi connectivity index (χ3v) is 2.96. The van der Waals surface area contributed by atoms with Crippen molar-refractivity contribution in [1.29, 1.82) is 0 Å². The minimum Gasteiger partial charge on any atom is -0.456 e. The maximum absolute atomic E-state index is 11.8.